The van der Waals surface area contributed by atoms with Crippen molar-refractivity contribution < 1.29 is 9.59 Å². The van der Waals surface area contributed by atoms with Crippen molar-refractivity contribution in [2.24, 2.45) is 0 Å². The highest BCUT2D eigenvalue weighted by Crippen LogP contribution is 2.27. The first-order valence-corrected chi connectivity index (χ1v) is 11.1. The zero-order valence-corrected chi connectivity index (χ0v) is 17.6. The maximum absolute atomic E-state index is 12.8. The first-order valence-electron chi connectivity index (χ1n) is 9.73. The van der Waals surface area contributed by atoms with Crippen LogP contribution in [0, 0.1) is 0 Å². The van der Waals surface area contributed by atoms with Gasteiger partial charge in [0.2, 0.25) is 5.91 Å². The van der Waals surface area contributed by atoms with Crippen LogP contribution in [0.15, 0.2) is 24.3 Å². The fourth-order valence-corrected chi connectivity index (χ4v) is 4.32. The maximum Gasteiger partial charge on any atom is 0.253 e. The number of benzene rings is 1. The number of nitrogens with zero attached hydrogens (tertiary/aromatic N) is 1. The summed E-state index contributed by atoms with van der Waals surface area (Å²) in [7, 11) is 0. The molecule has 5 nitrogen and oxygen atoms in total. The molecule has 0 bridgehead atoms. The van der Waals surface area contributed by atoms with E-state index in [2.05, 4.69) is 37.7 Å². The fraction of sp³-hybridized carbons (Fsp3) is 0.619. The van der Waals surface area contributed by atoms with Gasteiger partial charge in [-0.05, 0) is 41.5 Å². The topological polar surface area (TPSA) is 61.4 Å². The van der Waals surface area contributed by atoms with E-state index in [1.165, 1.54) is 5.56 Å². The Morgan fingerprint density at radius 3 is 2.41 bits per heavy atom. The smallest absolute Gasteiger partial charge is 0.253 e. The van der Waals surface area contributed by atoms with Gasteiger partial charge in [0.1, 0.15) is 0 Å². The van der Waals surface area contributed by atoms with Gasteiger partial charge in [-0.25, -0.2) is 0 Å². The van der Waals surface area contributed by atoms with Crippen LogP contribution in [-0.2, 0) is 10.2 Å². The van der Waals surface area contributed by atoms with Crippen LogP contribution in [0.1, 0.15) is 56.0 Å². The molecule has 2 saturated heterocycles. The zero-order valence-electron chi connectivity index (χ0n) is 16.8. The number of likely N-dealkylation sites (tertiary alicyclic amines) is 1. The number of amides is 2. The molecule has 0 saturated carbocycles. The molecule has 1 unspecified atom stereocenters. The van der Waals surface area contributed by atoms with E-state index in [0.717, 1.165) is 30.6 Å². The van der Waals surface area contributed by atoms with Gasteiger partial charge in [-0.1, -0.05) is 32.9 Å². The lowest BCUT2D eigenvalue weighted by Crippen LogP contribution is -2.58. The van der Waals surface area contributed by atoms with E-state index in [4.69, 9.17) is 0 Å². The van der Waals surface area contributed by atoms with Crippen LogP contribution in [0.4, 0.5) is 0 Å². The van der Waals surface area contributed by atoms with E-state index in [1.54, 1.807) is 11.8 Å². The number of nitrogens with one attached hydrogen (secondary N) is 2. The summed E-state index contributed by atoms with van der Waals surface area (Å²) in [5.74, 6) is 1.14. The van der Waals surface area contributed by atoms with Gasteiger partial charge in [0.25, 0.3) is 5.91 Å². The standard InChI is InChI=1S/C21H31N3O2S/c1-20(2,3)16-7-5-15(6-8-16)19(26)24-12-10-21(11-13-24)22-17(9-14-27-4)18(25)23-21/h5-8,17,22H,9-14H2,1-4H3,(H,23,25). The highest BCUT2D eigenvalue weighted by molar-refractivity contribution is 7.98. The second kappa shape index (κ2) is 7.84. The van der Waals surface area contributed by atoms with Crippen LogP contribution in [0.2, 0.25) is 0 Å². The van der Waals surface area contributed by atoms with Gasteiger partial charge in [0.15, 0.2) is 0 Å². The minimum absolute atomic E-state index is 0.0774. The molecule has 2 heterocycles. The van der Waals surface area contributed by atoms with Gasteiger partial charge in [0.05, 0.1) is 11.7 Å². The van der Waals surface area contributed by atoms with Crippen molar-refractivity contribution in [2.75, 3.05) is 25.1 Å². The molecule has 148 valence electrons. The van der Waals surface area contributed by atoms with E-state index in [-0.39, 0.29) is 28.9 Å². The van der Waals surface area contributed by atoms with Crippen molar-refractivity contribution in [1.29, 1.82) is 0 Å². The molecule has 0 radical (unpaired) electrons. The van der Waals surface area contributed by atoms with Crippen molar-refractivity contribution in [3.63, 3.8) is 0 Å². The minimum atomic E-state index is -0.340. The van der Waals surface area contributed by atoms with Crippen molar-refractivity contribution in [3.05, 3.63) is 35.4 Å². The van der Waals surface area contributed by atoms with Crippen molar-refractivity contribution in [2.45, 2.75) is 57.2 Å². The van der Waals surface area contributed by atoms with Crippen molar-refractivity contribution in [1.82, 2.24) is 15.5 Å². The van der Waals surface area contributed by atoms with E-state index >= 15 is 0 Å². The molecule has 2 fully saturated rings. The fourth-order valence-electron chi connectivity index (χ4n) is 3.85. The Balaban J connectivity index is 1.59. The molecule has 0 aliphatic carbocycles. The summed E-state index contributed by atoms with van der Waals surface area (Å²) in [6, 6.07) is 7.86. The first kappa shape index (κ1) is 20.2. The lowest BCUT2D eigenvalue weighted by molar-refractivity contribution is -0.121. The summed E-state index contributed by atoms with van der Waals surface area (Å²) >= 11 is 1.76. The molecule has 27 heavy (non-hydrogen) atoms. The average Bonchev–Trinajstić information content (AvgIpc) is 2.94. The third kappa shape index (κ3) is 4.49. The molecule has 3 rings (SSSR count). The Morgan fingerprint density at radius 1 is 1.22 bits per heavy atom. The lowest BCUT2D eigenvalue weighted by Gasteiger charge is -2.39. The minimum Gasteiger partial charge on any atom is -0.338 e. The number of carbonyl (C=O) groups is 2. The summed E-state index contributed by atoms with van der Waals surface area (Å²) in [6.45, 7) is 7.82. The second-order valence-corrected chi connectivity index (χ2v) is 9.65. The number of hydrogen-bond acceptors (Lipinski definition) is 4. The van der Waals surface area contributed by atoms with Gasteiger partial charge in [-0.15, -0.1) is 0 Å². The number of thioether (sulfide) groups is 1. The van der Waals surface area contributed by atoms with Crippen LogP contribution in [0.3, 0.4) is 0 Å². The van der Waals surface area contributed by atoms with Crippen LogP contribution < -0.4 is 10.6 Å². The summed E-state index contributed by atoms with van der Waals surface area (Å²) < 4.78 is 0. The SMILES string of the molecule is CSCCC1NC2(CCN(C(=O)c3ccc(C(C)(C)C)cc3)CC2)NC1=O. The first-order chi connectivity index (χ1) is 12.7. The summed E-state index contributed by atoms with van der Waals surface area (Å²) in [4.78, 5) is 27.0. The van der Waals surface area contributed by atoms with Crippen LogP contribution in [0.25, 0.3) is 0 Å². The Morgan fingerprint density at radius 2 is 1.85 bits per heavy atom. The summed E-state index contributed by atoms with van der Waals surface area (Å²) in [6.07, 6.45) is 4.40. The normalized spacial score (nSPS) is 22.1. The Labute approximate surface area is 166 Å². The molecule has 6 heteroatoms. The molecule has 2 N–H and O–H groups in total. The van der Waals surface area contributed by atoms with Gasteiger partial charge < -0.3 is 10.2 Å². The van der Waals surface area contributed by atoms with Gasteiger partial charge in [-0.2, -0.15) is 11.8 Å². The molecule has 1 aromatic carbocycles. The van der Waals surface area contributed by atoms with Gasteiger partial charge in [-0.3, -0.25) is 14.9 Å². The number of rotatable bonds is 4. The Kier molecular flexibility index (Phi) is 5.87. The van der Waals surface area contributed by atoms with Gasteiger partial charge >= 0.3 is 0 Å². The molecule has 0 aromatic heterocycles. The molecular formula is C21H31N3O2S. The summed E-state index contributed by atoms with van der Waals surface area (Å²) in [5.41, 5.74) is 1.71. The predicted molar refractivity (Wildman–Crippen MR) is 111 cm³/mol. The van der Waals surface area contributed by atoms with Crippen molar-refractivity contribution >= 4 is 23.6 Å². The van der Waals surface area contributed by atoms with E-state index < -0.39 is 0 Å². The maximum atomic E-state index is 12.8. The van der Waals surface area contributed by atoms with E-state index in [9.17, 15) is 9.59 Å². The second-order valence-electron chi connectivity index (χ2n) is 8.67. The Hall–Kier alpha value is -1.53. The molecule has 1 spiro atoms. The van der Waals surface area contributed by atoms with E-state index in [0.29, 0.717) is 13.1 Å². The van der Waals surface area contributed by atoms with Gasteiger partial charge in [0, 0.05) is 31.5 Å². The van der Waals surface area contributed by atoms with E-state index in [1.807, 2.05) is 29.2 Å². The highest BCUT2D eigenvalue weighted by atomic mass is 32.2. The highest BCUT2D eigenvalue weighted by Gasteiger charge is 2.45. The largest absolute Gasteiger partial charge is 0.338 e. The van der Waals surface area contributed by atoms with Crippen LogP contribution in [0.5, 0.6) is 0 Å². The molecule has 2 amide bonds. The monoisotopic (exact) mass is 389 g/mol. The lowest BCUT2D eigenvalue weighted by atomic mass is 9.86. The van der Waals surface area contributed by atoms with Crippen molar-refractivity contribution in [3.8, 4) is 0 Å². The van der Waals surface area contributed by atoms with Crippen LogP contribution >= 0.6 is 11.8 Å². The number of carbonyl (C=O) groups excluding carboxylic acids is 2. The zero-order chi connectivity index (χ0) is 19.7. The molecule has 1 atom stereocenters. The quantitative estimate of drug-likeness (QED) is 0.831. The molecule has 1 aromatic rings. The molecular weight excluding hydrogens is 358 g/mol. The number of hydrogen-bond donors (Lipinski definition) is 2. The molecule has 2 aliphatic rings. The molecule has 2 aliphatic heterocycles. The third-order valence-corrected chi connectivity index (χ3v) is 6.29. The Bertz CT molecular complexity index is 688. The predicted octanol–water partition coefficient (Wildman–Crippen LogP) is 2.76. The number of piperidine rings is 1. The third-order valence-electron chi connectivity index (χ3n) is 5.64. The average molecular weight is 390 g/mol. The summed E-state index contributed by atoms with van der Waals surface area (Å²) in [5, 5.41) is 6.66. The van der Waals surface area contributed by atoms with Crippen LogP contribution in [-0.4, -0.2) is 53.5 Å².